The van der Waals surface area contributed by atoms with E-state index in [1.165, 1.54) is 0 Å². The molecule has 0 aliphatic heterocycles. The average Bonchev–Trinajstić information content (AvgIpc) is 3.18. The molecule has 4 aromatic rings. The second kappa shape index (κ2) is 8.20. The lowest BCUT2D eigenvalue weighted by molar-refractivity contribution is 0.251. The van der Waals surface area contributed by atoms with E-state index in [0.717, 1.165) is 28.3 Å². The molecule has 0 fully saturated rings. The summed E-state index contributed by atoms with van der Waals surface area (Å²) < 4.78 is 1.97. The Balaban J connectivity index is 1.43. The highest BCUT2D eigenvalue weighted by atomic mass is 35.5. The molecule has 0 unspecified atom stereocenters. The van der Waals surface area contributed by atoms with Crippen molar-refractivity contribution >= 4 is 34.8 Å². The summed E-state index contributed by atoms with van der Waals surface area (Å²) >= 11 is 5.87. The minimum atomic E-state index is -0.271. The summed E-state index contributed by atoms with van der Waals surface area (Å²) in [5, 5.41) is 9.36. The largest absolute Gasteiger partial charge is 0.370 e. The van der Waals surface area contributed by atoms with Gasteiger partial charge in [0.1, 0.15) is 0 Å². The number of carbonyl (C=O) groups is 1. The normalized spacial score (nSPS) is 10.7. The maximum atomic E-state index is 12.1. The van der Waals surface area contributed by atoms with E-state index in [4.69, 9.17) is 11.6 Å². The molecule has 0 aliphatic rings. The maximum Gasteiger partial charge on any atom is 0.319 e. The molecule has 0 atom stereocenters. The molecule has 0 spiro atoms. The minimum Gasteiger partial charge on any atom is -0.370 e. The summed E-state index contributed by atoms with van der Waals surface area (Å²) in [6, 6.07) is 14.7. The summed E-state index contributed by atoms with van der Waals surface area (Å²) in [6.07, 6.45) is 5.40. The summed E-state index contributed by atoms with van der Waals surface area (Å²) in [7, 11) is 1.81. The number of nitrogens with one attached hydrogen (secondary N) is 3. The number of halogens is 1. The van der Waals surface area contributed by atoms with E-state index in [2.05, 4.69) is 25.9 Å². The molecule has 2 amide bonds. The summed E-state index contributed by atoms with van der Waals surface area (Å²) in [6.45, 7) is 0.421. The van der Waals surface area contributed by atoms with Crippen LogP contribution in [0.3, 0.4) is 0 Å². The first kappa shape index (κ1) is 18.8. The first-order valence-corrected chi connectivity index (χ1v) is 9.41. The number of anilines is 2. The smallest absolute Gasteiger partial charge is 0.319 e. The zero-order valence-corrected chi connectivity index (χ0v) is 16.4. The Hall–Kier alpha value is -3.58. The van der Waals surface area contributed by atoms with Crippen molar-refractivity contribution in [2.24, 2.45) is 0 Å². The van der Waals surface area contributed by atoms with Crippen molar-refractivity contribution in [1.82, 2.24) is 19.7 Å². The third-order valence-corrected chi connectivity index (χ3v) is 4.72. The standard InChI is InChI=1S/C21H19ClN6O/c1-23-19-20-25-13-18(28(20)11-10-24-19)15-4-8-17(9-5-15)27-21(29)26-12-14-2-6-16(22)7-3-14/h2-11,13H,12H2,1H3,(H,23,24)(H2,26,27,29). The molecule has 7 nitrogen and oxygen atoms in total. The molecule has 2 heterocycles. The minimum absolute atomic E-state index is 0.271. The van der Waals surface area contributed by atoms with Gasteiger partial charge >= 0.3 is 6.03 Å². The Morgan fingerprint density at radius 2 is 1.83 bits per heavy atom. The van der Waals surface area contributed by atoms with Crippen LogP contribution in [0.2, 0.25) is 5.02 Å². The lowest BCUT2D eigenvalue weighted by atomic mass is 10.1. The van der Waals surface area contributed by atoms with Crippen LogP contribution in [0.25, 0.3) is 16.9 Å². The third-order valence-electron chi connectivity index (χ3n) is 4.47. The van der Waals surface area contributed by atoms with Crippen LogP contribution < -0.4 is 16.0 Å². The van der Waals surface area contributed by atoms with Gasteiger partial charge in [0.25, 0.3) is 0 Å². The molecule has 0 radical (unpaired) electrons. The number of hydrogen-bond acceptors (Lipinski definition) is 4. The van der Waals surface area contributed by atoms with E-state index in [1.54, 1.807) is 24.5 Å². The maximum absolute atomic E-state index is 12.1. The van der Waals surface area contributed by atoms with Gasteiger partial charge in [0.05, 0.1) is 11.9 Å². The van der Waals surface area contributed by atoms with Gasteiger partial charge in [-0.2, -0.15) is 0 Å². The number of amides is 2. The van der Waals surface area contributed by atoms with Crippen LogP contribution in [0.4, 0.5) is 16.3 Å². The molecule has 3 N–H and O–H groups in total. The second-order valence-corrected chi connectivity index (χ2v) is 6.81. The highest BCUT2D eigenvalue weighted by Gasteiger charge is 2.10. The summed E-state index contributed by atoms with van der Waals surface area (Å²) in [4.78, 5) is 20.8. The van der Waals surface area contributed by atoms with Gasteiger partial charge in [-0.15, -0.1) is 0 Å². The van der Waals surface area contributed by atoms with E-state index in [0.29, 0.717) is 17.3 Å². The monoisotopic (exact) mass is 406 g/mol. The molecule has 29 heavy (non-hydrogen) atoms. The molecular weight excluding hydrogens is 388 g/mol. The van der Waals surface area contributed by atoms with Crippen molar-refractivity contribution in [2.45, 2.75) is 6.54 Å². The lowest BCUT2D eigenvalue weighted by Gasteiger charge is -2.09. The summed E-state index contributed by atoms with van der Waals surface area (Å²) in [5.41, 5.74) is 4.36. The molecule has 0 saturated carbocycles. The predicted molar refractivity (Wildman–Crippen MR) is 115 cm³/mol. The molecular formula is C21H19ClN6O. The molecule has 0 bridgehead atoms. The van der Waals surface area contributed by atoms with Gasteiger partial charge in [-0.25, -0.2) is 14.8 Å². The fraction of sp³-hybridized carbons (Fsp3) is 0.0952. The van der Waals surface area contributed by atoms with E-state index < -0.39 is 0 Å². The summed E-state index contributed by atoms with van der Waals surface area (Å²) in [5.74, 6) is 0.717. The van der Waals surface area contributed by atoms with Crippen LogP contribution in [-0.2, 0) is 6.54 Å². The van der Waals surface area contributed by atoms with E-state index in [9.17, 15) is 4.79 Å². The SMILES string of the molecule is CNc1nccn2c(-c3ccc(NC(=O)NCc4ccc(Cl)cc4)cc3)cnc12. The first-order chi connectivity index (χ1) is 14.1. The van der Waals surface area contributed by atoms with Gasteiger partial charge in [-0.1, -0.05) is 35.9 Å². The molecule has 2 aromatic heterocycles. The number of imidazole rings is 1. The van der Waals surface area contributed by atoms with E-state index >= 15 is 0 Å². The lowest BCUT2D eigenvalue weighted by Crippen LogP contribution is -2.28. The van der Waals surface area contributed by atoms with E-state index in [-0.39, 0.29) is 6.03 Å². The highest BCUT2D eigenvalue weighted by Crippen LogP contribution is 2.24. The number of aromatic nitrogens is 3. The number of rotatable bonds is 5. The average molecular weight is 407 g/mol. The molecule has 146 valence electrons. The molecule has 2 aromatic carbocycles. The van der Waals surface area contributed by atoms with Crippen molar-refractivity contribution in [3.8, 4) is 11.3 Å². The fourth-order valence-electron chi connectivity index (χ4n) is 2.99. The Labute approximate surface area is 172 Å². The van der Waals surface area contributed by atoms with Gasteiger partial charge in [-0.05, 0) is 29.8 Å². The number of nitrogens with zero attached hydrogens (tertiary/aromatic N) is 3. The Bertz CT molecular complexity index is 1140. The highest BCUT2D eigenvalue weighted by molar-refractivity contribution is 6.30. The Morgan fingerprint density at radius 1 is 1.07 bits per heavy atom. The van der Waals surface area contributed by atoms with Gasteiger partial charge in [0, 0.05) is 42.3 Å². The molecule has 0 saturated heterocycles. The van der Waals surface area contributed by atoms with Crippen LogP contribution >= 0.6 is 11.6 Å². The van der Waals surface area contributed by atoms with Crippen LogP contribution in [0, 0.1) is 0 Å². The van der Waals surface area contributed by atoms with Crippen LogP contribution in [0.15, 0.2) is 67.1 Å². The number of carbonyl (C=O) groups excluding carboxylic acids is 1. The quantitative estimate of drug-likeness (QED) is 0.458. The number of fused-ring (bicyclic) bond motifs is 1. The third kappa shape index (κ3) is 4.14. The molecule has 8 heteroatoms. The van der Waals surface area contributed by atoms with Crippen LogP contribution in [-0.4, -0.2) is 27.4 Å². The zero-order valence-electron chi connectivity index (χ0n) is 15.7. The van der Waals surface area contributed by atoms with Crippen molar-refractivity contribution < 1.29 is 4.79 Å². The van der Waals surface area contributed by atoms with Gasteiger partial charge < -0.3 is 16.0 Å². The van der Waals surface area contributed by atoms with Gasteiger partial charge in [-0.3, -0.25) is 4.40 Å². The fourth-order valence-corrected chi connectivity index (χ4v) is 3.12. The second-order valence-electron chi connectivity index (χ2n) is 6.37. The Kier molecular flexibility index (Phi) is 5.31. The topological polar surface area (TPSA) is 83.3 Å². The predicted octanol–water partition coefficient (Wildman–Crippen LogP) is 4.41. The van der Waals surface area contributed by atoms with Crippen LogP contribution in [0.1, 0.15) is 5.56 Å². The number of urea groups is 1. The zero-order chi connectivity index (χ0) is 20.2. The molecule has 4 rings (SSSR count). The van der Waals surface area contributed by atoms with Crippen molar-refractivity contribution in [3.63, 3.8) is 0 Å². The first-order valence-electron chi connectivity index (χ1n) is 9.03. The van der Waals surface area contributed by atoms with Gasteiger partial charge in [0.2, 0.25) is 0 Å². The van der Waals surface area contributed by atoms with Crippen molar-refractivity contribution in [3.05, 3.63) is 77.7 Å². The number of benzene rings is 2. The van der Waals surface area contributed by atoms with Crippen LogP contribution in [0.5, 0.6) is 0 Å². The van der Waals surface area contributed by atoms with Gasteiger partial charge in [0.15, 0.2) is 11.5 Å². The Morgan fingerprint density at radius 3 is 2.55 bits per heavy atom. The number of hydrogen-bond donors (Lipinski definition) is 3. The van der Waals surface area contributed by atoms with Crippen molar-refractivity contribution in [2.75, 3.05) is 17.7 Å². The van der Waals surface area contributed by atoms with Crippen molar-refractivity contribution in [1.29, 1.82) is 0 Å². The van der Waals surface area contributed by atoms with E-state index in [1.807, 2.05) is 54.0 Å². The molecule has 0 aliphatic carbocycles.